The van der Waals surface area contributed by atoms with E-state index in [1.807, 2.05) is 19.9 Å². The third kappa shape index (κ3) is 3.99. The first-order valence-electron chi connectivity index (χ1n) is 6.56. The highest BCUT2D eigenvalue weighted by molar-refractivity contribution is 7.93. The van der Waals surface area contributed by atoms with Gasteiger partial charge in [0.05, 0.1) is 4.91 Å². The van der Waals surface area contributed by atoms with Crippen LogP contribution < -0.4 is 10.0 Å². The molecular weight excluding hydrogens is 262 g/mol. The first kappa shape index (κ1) is 14.4. The molecule has 2 aliphatic heterocycles. The molecule has 2 heterocycles. The standard InChI is InChI=1S/C13H21N3O2S/c1-13(2)6-5-12(9-15-10-13)19(17,18)16-11-4-3-7-14-8-11/h5-6,9-11,14,16H,3-4,7-8H2,1-2H3. The van der Waals surface area contributed by atoms with E-state index in [2.05, 4.69) is 15.0 Å². The lowest BCUT2D eigenvalue weighted by molar-refractivity contribution is 0.430. The topological polar surface area (TPSA) is 70.6 Å². The van der Waals surface area contributed by atoms with Gasteiger partial charge >= 0.3 is 0 Å². The molecule has 0 aromatic rings. The SMILES string of the molecule is CC1(C)C=CC(S(=O)(=O)NC2CCCNC2)=CN=C1. The summed E-state index contributed by atoms with van der Waals surface area (Å²) in [6, 6.07) is -0.0340. The van der Waals surface area contributed by atoms with Crippen molar-refractivity contribution >= 4 is 16.2 Å². The van der Waals surface area contributed by atoms with E-state index in [1.165, 1.54) is 6.20 Å². The van der Waals surface area contributed by atoms with Gasteiger partial charge in [0.25, 0.3) is 0 Å². The molecular formula is C13H21N3O2S. The normalized spacial score (nSPS) is 26.8. The highest BCUT2D eigenvalue weighted by Crippen LogP contribution is 2.20. The van der Waals surface area contributed by atoms with E-state index < -0.39 is 10.0 Å². The number of aliphatic imine (C=N–C) groups is 1. The van der Waals surface area contributed by atoms with Crippen LogP contribution in [0.5, 0.6) is 0 Å². The molecule has 1 atom stereocenters. The molecule has 1 unspecified atom stereocenters. The van der Waals surface area contributed by atoms with Crippen LogP contribution in [0, 0.1) is 5.41 Å². The van der Waals surface area contributed by atoms with Crippen molar-refractivity contribution in [2.45, 2.75) is 32.7 Å². The predicted octanol–water partition coefficient (Wildman–Crippen LogP) is 1.17. The van der Waals surface area contributed by atoms with E-state index in [4.69, 9.17) is 0 Å². The van der Waals surface area contributed by atoms with Gasteiger partial charge in [-0.2, -0.15) is 0 Å². The Kier molecular flexibility index (Phi) is 4.23. The molecule has 0 aromatic heterocycles. The van der Waals surface area contributed by atoms with Crippen LogP contribution in [0.25, 0.3) is 0 Å². The molecule has 1 saturated heterocycles. The van der Waals surface area contributed by atoms with Crippen LogP contribution in [-0.4, -0.2) is 33.8 Å². The summed E-state index contributed by atoms with van der Waals surface area (Å²) in [7, 11) is -3.49. The van der Waals surface area contributed by atoms with Crippen molar-refractivity contribution in [3.05, 3.63) is 23.3 Å². The van der Waals surface area contributed by atoms with E-state index in [1.54, 1.807) is 12.3 Å². The molecule has 0 radical (unpaired) electrons. The summed E-state index contributed by atoms with van der Waals surface area (Å²) in [5, 5.41) is 3.19. The summed E-state index contributed by atoms with van der Waals surface area (Å²) in [6.45, 7) is 5.61. The van der Waals surface area contributed by atoms with Gasteiger partial charge in [-0.15, -0.1) is 0 Å². The van der Waals surface area contributed by atoms with Crippen LogP contribution in [-0.2, 0) is 10.0 Å². The second-order valence-electron chi connectivity index (χ2n) is 5.63. The predicted molar refractivity (Wildman–Crippen MR) is 77.4 cm³/mol. The molecule has 2 aliphatic rings. The Morgan fingerprint density at radius 3 is 2.95 bits per heavy atom. The molecule has 2 N–H and O–H groups in total. The number of allylic oxidation sites excluding steroid dienone is 2. The van der Waals surface area contributed by atoms with Crippen LogP contribution in [0.4, 0.5) is 0 Å². The first-order valence-corrected chi connectivity index (χ1v) is 8.04. The smallest absolute Gasteiger partial charge is 0.242 e. The zero-order valence-corrected chi connectivity index (χ0v) is 12.2. The highest BCUT2D eigenvalue weighted by Gasteiger charge is 2.24. The summed E-state index contributed by atoms with van der Waals surface area (Å²) >= 11 is 0. The van der Waals surface area contributed by atoms with E-state index >= 15 is 0 Å². The largest absolute Gasteiger partial charge is 0.315 e. The lowest BCUT2D eigenvalue weighted by Crippen LogP contribution is -2.45. The third-order valence-electron chi connectivity index (χ3n) is 3.22. The third-order valence-corrected chi connectivity index (χ3v) is 4.72. The minimum Gasteiger partial charge on any atom is -0.315 e. The number of hydrogen-bond acceptors (Lipinski definition) is 4. The molecule has 19 heavy (non-hydrogen) atoms. The Hall–Kier alpha value is -0.980. The summed E-state index contributed by atoms with van der Waals surface area (Å²) in [4.78, 5) is 4.30. The Labute approximate surface area is 114 Å². The summed E-state index contributed by atoms with van der Waals surface area (Å²) in [5.41, 5.74) is -0.222. The minimum absolute atomic E-state index is 0.0340. The second kappa shape index (κ2) is 5.56. The maximum absolute atomic E-state index is 12.3. The van der Waals surface area contributed by atoms with Crippen LogP contribution in [0.3, 0.4) is 0 Å². The molecule has 2 rings (SSSR count). The molecule has 0 aliphatic carbocycles. The zero-order chi connectivity index (χ0) is 13.9. The van der Waals surface area contributed by atoms with Gasteiger partial charge in [-0.05, 0) is 25.5 Å². The average molecular weight is 283 g/mol. The van der Waals surface area contributed by atoms with Gasteiger partial charge in [-0.1, -0.05) is 19.9 Å². The van der Waals surface area contributed by atoms with Gasteiger partial charge in [0.1, 0.15) is 0 Å². The molecule has 0 bridgehead atoms. The fourth-order valence-corrected chi connectivity index (χ4v) is 3.31. The van der Waals surface area contributed by atoms with Gasteiger partial charge < -0.3 is 5.32 Å². The molecule has 0 saturated carbocycles. The van der Waals surface area contributed by atoms with Crippen molar-refractivity contribution in [1.29, 1.82) is 0 Å². The number of nitrogens with zero attached hydrogens (tertiary/aromatic N) is 1. The Bertz CT molecular complexity index is 512. The van der Waals surface area contributed by atoms with E-state index in [-0.39, 0.29) is 16.4 Å². The average Bonchev–Trinajstić information content (AvgIpc) is 2.51. The molecule has 106 valence electrons. The number of sulfonamides is 1. The molecule has 0 aromatic carbocycles. The van der Waals surface area contributed by atoms with E-state index in [0.29, 0.717) is 6.54 Å². The second-order valence-corrected chi connectivity index (χ2v) is 7.34. The fraction of sp³-hybridized carbons (Fsp3) is 0.615. The van der Waals surface area contributed by atoms with E-state index in [0.717, 1.165) is 19.4 Å². The van der Waals surface area contributed by atoms with Crippen LogP contribution in [0.2, 0.25) is 0 Å². The number of piperidine rings is 1. The van der Waals surface area contributed by atoms with Crippen LogP contribution >= 0.6 is 0 Å². The van der Waals surface area contributed by atoms with Crippen molar-refractivity contribution in [2.75, 3.05) is 13.1 Å². The van der Waals surface area contributed by atoms with Gasteiger partial charge in [0.15, 0.2) is 0 Å². The monoisotopic (exact) mass is 283 g/mol. The Balaban J connectivity index is 2.11. The maximum Gasteiger partial charge on any atom is 0.242 e. The maximum atomic E-state index is 12.3. The molecule has 1 fully saturated rings. The number of rotatable bonds is 3. The first-order chi connectivity index (χ1) is 8.89. The van der Waals surface area contributed by atoms with Crippen LogP contribution in [0.1, 0.15) is 26.7 Å². The molecule has 6 heteroatoms. The van der Waals surface area contributed by atoms with Crippen molar-refractivity contribution in [3.8, 4) is 0 Å². The van der Waals surface area contributed by atoms with Crippen molar-refractivity contribution in [1.82, 2.24) is 10.0 Å². The van der Waals surface area contributed by atoms with Crippen molar-refractivity contribution in [3.63, 3.8) is 0 Å². The molecule has 0 spiro atoms. The van der Waals surface area contributed by atoms with Crippen molar-refractivity contribution in [2.24, 2.45) is 10.4 Å². The zero-order valence-electron chi connectivity index (χ0n) is 11.4. The van der Waals surface area contributed by atoms with Crippen LogP contribution in [0.15, 0.2) is 28.2 Å². The van der Waals surface area contributed by atoms with Crippen molar-refractivity contribution < 1.29 is 8.42 Å². The Morgan fingerprint density at radius 2 is 2.26 bits per heavy atom. The number of nitrogens with one attached hydrogen (secondary N) is 2. The van der Waals surface area contributed by atoms with Gasteiger partial charge in [0, 0.05) is 30.4 Å². The number of hydrogen-bond donors (Lipinski definition) is 2. The summed E-state index contributed by atoms with van der Waals surface area (Å²) < 4.78 is 27.3. The quantitative estimate of drug-likeness (QED) is 0.816. The lowest BCUT2D eigenvalue weighted by atomic mass is 9.95. The molecule has 0 amide bonds. The van der Waals surface area contributed by atoms with Gasteiger partial charge in [-0.25, -0.2) is 13.1 Å². The lowest BCUT2D eigenvalue weighted by Gasteiger charge is -2.23. The van der Waals surface area contributed by atoms with E-state index in [9.17, 15) is 8.42 Å². The Morgan fingerprint density at radius 1 is 1.47 bits per heavy atom. The van der Waals surface area contributed by atoms with Gasteiger partial charge in [0.2, 0.25) is 10.0 Å². The fourth-order valence-electron chi connectivity index (χ4n) is 2.08. The summed E-state index contributed by atoms with van der Waals surface area (Å²) in [5.74, 6) is 0. The molecule has 5 nitrogen and oxygen atoms in total. The minimum atomic E-state index is -3.49. The van der Waals surface area contributed by atoms with Gasteiger partial charge in [-0.3, -0.25) is 4.99 Å². The summed E-state index contributed by atoms with van der Waals surface area (Å²) in [6.07, 6.45) is 8.50. The highest BCUT2D eigenvalue weighted by atomic mass is 32.2.